The lowest BCUT2D eigenvalue weighted by Gasteiger charge is -2.17. The Balaban J connectivity index is 1.72. The number of rotatable bonds is 3. The summed E-state index contributed by atoms with van der Waals surface area (Å²) < 4.78 is 27.9. The van der Waals surface area contributed by atoms with Gasteiger partial charge in [0.15, 0.2) is 11.6 Å². The molecule has 2 atom stereocenters. The fourth-order valence-corrected chi connectivity index (χ4v) is 2.54. The average Bonchev–Trinajstić information content (AvgIpc) is 3.15. The number of nitrogens with zero attached hydrogens (tertiary/aromatic N) is 3. The van der Waals surface area contributed by atoms with Crippen molar-refractivity contribution in [2.75, 3.05) is 11.9 Å². The van der Waals surface area contributed by atoms with E-state index in [2.05, 4.69) is 5.10 Å². The second kappa shape index (κ2) is 4.95. The highest BCUT2D eigenvalue weighted by Gasteiger charge is 2.46. The summed E-state index contributed by atoms with van der Waals surface area (Å²) in [5.74, 6) is -1.91. The topological polar surface area (TPSA) is 38.1 Å². The Morgan fingerprint density at radius 3 is 2.76 bits per heavy atom. The molecule has 1 aliphatic carbocycles. The summed E-state index contributed by atoms with van der Waals surface area (Å²) in [6.07, 6.45) is 4.42. The Kier molecular flexibility index (Phi) is 3.23. The van der Waals surface area contributed by atoms with E-state index >= 15 is 0 Å². The normalized spacial score (nSPS) is 20.4. The van der Waals surface area contributed by atoms with Crippen LogP contribution in [0.5, 0.6) is 0 Å². The Bertz CT molecular complexity index is 698. The predicted octanol–water partition coefficient (Wildman–Crippen LogP) is 2.46. The number of hydrogen-bond donors (Lipinski definition) is 0. The van der Waals surface area contributed by atoms with Gasteiger partial charge in [-0.3, -0.25) is 9.48 Å². The van der Waals surface area contributed by atoms with Crippen molar-refractivity contribution in [1.29, 1.82) is 0 Å². The number of anilines is 1. The molecular formula is C15H15F2N3O. The largest absolute Gasteiger partial charge is 0.315 e. The van der Waals surface area contributed by atoms with Crippen LogP contribution in [0.4, 0.5) is 14.5 Å². The van der Waals surface area contributed by atoms with Gasteiger partial charge in [-0.15, -0.1) is 0 Å². The maximum atomic E-state index is 13.2. The fourth-order valence-electron chi connectivity index (χ4n) is 2.54. The zero-order chi connectivity index (χ0) is 15.1. The predicted molar refractivity (Wildman–Crippen MR) is 73.8 cm³/mol. The number of aromatic nitrogens is 2. The molecule has 2 aromatic rings. The van der Waals surface area contributed by atoms with E-state index in [1.807, 2.05) is 13.2 Å². The van der Waals surface area contributed by atoms with E-state index in [4.69, 9.17) is 0 Å². The molecule has 4 nitrogen and oxygen atoms in total. The van der Waals surface area contributed by atoms with Crippen LogP contribution in [0.3, 0.4) is 0 Å². The third-order valence-corrected chi connectivity index (χ3v) is 3.88. The average molecular weight is 291 g/mol. The fraction of sp³-hybridized carbons (Fsp3) is 0.333. The van der Waals surface area contributed by atoms with Gasteiger partial charge < -0.3 is 4.90 Å². The Hall–Kier alpha value is -2.24. The van der Waals surface area contributed by atoms with Gasteiger partial charge in [-0.05, 0) is 30.0 Å². The van der Waals surface area contributed by atoms with Crippen molar-refractivity contribution >= 4 is 11.6 Å². The van der Waals surface area contributed by atoms with Crippen LogP contribution in [-0.4, -0.2) is 22.7 Å². The molecule has 0 aliphatic heterocycles. The molecule has 6 heteroatoms. The first-order chi connectivity index (χ1) is 9.97. The second-order valence-corrected chi connectivity index (χ2v) is 5.39. The maximum Gasteiger partial charge on any atom is 0.230 e. The van der Waals surface area contributed by atoms with Gasteiger partial charge in [0.25, 0.3) is 0 Å². The van der Waals surface area contributed by atoms with Crippen LogP contribution >= 0.6 is 0 Å². The van der Waals surface area contributed by atoms with Crippen molar-refractivity contribution in [3.05, 3.63) is 47.8 Å². The molecule has 1 fully saturated rings. The van der Waals surface area contributed by atoms with E-state index in [1.54, 1.807) is 17.9 Å². The van der Waals surface area contributed by atoms with Crippen molar-refractivity contribution in [3.8, 4) is 0 Å². The summed E-state index contributed by atoms with van der Waals surface area (Å²) in [6, 6.07) is 3.46. The standard InChI is InChI=1S/C15H15F2N3O/c1-19-8-9(7-18-19)11-6-12(11)15(21)20(2)10-3-4-13(16)14(17)5-10/h3-5,7-8,11-12H,6H2,1-2H3. The molecule has 0 saturated heterocycles. The molecule has 1 aromatic heterocycles. The maximum absolute atomic E-state index is 13.2. The smallest absolute Gasteiger partial charge is 0.230 e. The van der Waals surface area contributed by atoms with Gasteiger partial charge in [0.05, 0.1) is 6.20 Å². The van der Waals surface area contributed by atoms with Crippen molar-refractivity contribution < 1.29 is 13.6 Å². The summed E-state index contributed by atoms with van der Waals surface area (Å²) in [5, 5.41) is 4.10. The van der Waals surface area contributed by atoms with Gasteiger partial charge in [0.2, 0.25) is 5.91 Å². The minimum absolute atomic E-state index is 0.0881. The number of carbonyl (C=O) groups is 1. The molecular weight excluding hydrogens is 276 g/mol. The first-order valence-corrected chi connectivity index (χ1v) is 6.68. The molecule has 110 valence electrons. The van der Waals surface area contributed by atoms with Crippen LogP contribution in [-0.2, 0) is 11.8 Å². The molecule has 1 saturated carbocycles. The van der Waals surface area contributed by atoms with Crippen molar-refractivity contribution in [1.82, 2.24) is 9.78 Å². The molecule has 0 radical (unpaired) electrons. The minimum atomic E-state index is -0.952. The van der Waals surface area contributed by atoms with Crippen molar-refractivity contribution in [3.63, 3.8) is 0 Å². The highest BCUT2D eigenvalue weighted by molar-refractivity contribution is 5.97. The lowest BCUT2D eigenvalue weighted by molar-refractivity contribution is -0.119. The van der Waals surface area contributed by atoms with Crippen molar-refractivity contribution in [2.45, 2.75) is 12.3 Å². The number of halogens is 2. The minimum Gasteiger partial charge on any atom is -0.315 e. The van der Waals surface area contributed by atoms with E-state index in [1.165, 1.54) is 11.0 Å². The quantitative estimate of drug-likeness (QED) is 0.871. The summed E-state index contributed by atoms with van der Waals surface area (Å²) in [7, 11) is 3.41. The zero-order valence-corrected chi connectivity index (χ0v) is 11.8. The van der Waals surface area contributed by atoms with Crippen LogP contribution in [0.2, 0.25) is 0 Å². The summed E-state index contributed by atoms with van der Waals surface area (Å²) >= 11 is 0. The summed E-state index contributed by atoms with van der Waals surface area (Å²) in [5.41, 5.74) is 1.39. The lowest BCUT2D eigenvalue weighted by atomic mass is 10.2. The number of amides is 1. The van der Waals surface area contributed by atoms with Crippen LogP contribution in [0.1, 0.15) is 17.9 Å². The number of aryl methyl sites for hydroxylation is 1. The van der Waals surface area contributed by atoms with Gasteiger partial charge in [-0.25, -0.2) is 8.78 Å². The highest BCUT2D eigenvalue weighted by Crippen LogP contribution is 2.48. The molecule has 1 heterocycles. The number of hydrogen-bond acceptors (Lipinski definition) is 2. The Morgan fingerprint density at radius 2 is 2.14 bits per heavy atom. The van der Waals surface area contributed by atoms with Crippen LogP contribution < -0.4 is 4.90 Å². The SMILES string of the molecule is CN(C(=O)C1CC1c1cnn(C)c1)c1ccc(F)c(F)c1. The Labute approximate surface area is 121 Å². The van der Waals surface area contributed by atoms with Gasteiger partial charge in [-0.2, -0.15) is 5.10 Å². The molecule has 1 amide bonds. The molecule has 0 bridgehead atoms. The summed E-state index contributed by atoms with van der Waals surface area (Å²) in [6.45, 7) is 0. The van der Waals surface area contributed by atoms with Crippen LogP contribution in [0.25, 0.3) is 0 Å². The van der Waals surface area contributed by atoms with E-state index in [9.17, 15) is 13.6 Å². The van der Waals surface area contributed by atoms with E-state index < -0.39 is 11.6 Å². The van der Waals surface area contributed by atoms with E-state index in [0.29, 0.717) is 5.69 Å². The van der Waals surface area contributed by atoms with Gasteiger partial charge in [0.1, 0.15) is 0 Å². The highest BCUT2D eigenvalue weighted by atomic mass is 19.2. The van der Waals surface area contributed by atoms with E-state index in [0.717, 1.165) is 24.1 Å². The molecule has 1 aliphatic rings. The number of benzene rings is 1. The molecule has 1 aromatic carbocycles. The second-order valence-electron chi connectivity index (χ2n) is 5.39. The lowest BCUT2D eigenvalue weighted by Crippen LogP contribution is -2.28. The van der Waals surface area contributed by atoms with Crippen LogP contribution in [0, 0.1) is 17.6 Å². The van der Waals surface area contributed by atoms with Gasteiger partial charge in [0, 0.05) is 38.0 Å². The molecule has 0 spiro atoms. The first-order valence-electron chi connectivity index (χ1n) is 6.68. The van der Waals surface area contributed by atoms with Gasteiger partial charge >= 0.3 is 0 Å². The van der Waals surface area contributed by atoms with Gasteiger partial charge in [-0.1, -0.05) is 0 Å². The van der Waals surface area contributed by atoms with Crippen molar-refractivity contribution in [2.24, 2.45) is 13.0 Å². The van der Waals surface area contributed by atoms with Crippen LogP contribution in [0.15, 0.2) is 30.6 Å². The third-order valence-electron chi connectivity index (χ3n) is 3.88. The molecule has 21 heavy (non-hydrogen) atoms. The third kappa shape index (κ3) is 2.53. The molecule has 0 N–H and O–H groups in total. The zero-order valence-electron chi connectivity index (χ0n) is 11.8. The Morgan fingerprint density at radius 1 is 1.38 bits per heavy atom. The molecule has 2 unspecified atom stereocenters. The monoisotopic (exact) mass is 291 g/mol. The number of carbonyl (C=O) groups excluding carboxylic acids is 1. The summed E-state index contributed by atoms with van der Waals surface area (Å²) in [4.78, 5) is 13.8. The molecule has 3 rings (SSSR count). The van der Waals surface area contributed by atoms with E-state index in [-0.39, 0.29) is 17.7 Å². The first kappa shape index (κ1) is 13.7.